The van der Waals surface area contributed by atoms with Crippen LogP contribution < -0.4 is 10.6 Å². The second-order valence-electron chi connectivity index (χ2n) is 7.74. The molecule has 160 valence electrons. The van der Waals surface area contributed by atoms with E-state index in [4.69, 9.17) is 4.74 Å². The zero-order valence-corrected chi connectivity index (χ0v) is 17.9. The lowest BCUT2D eigenvalue weighted by Crippen LogP contribution is -2.40. The van der Waals surface area contributed by atoms with Gasteiger partial charge in [0.25, 0.3) is 0 Å². The van der Waals surface area contributed by atoms with Gasteiger partial charge in [0.15, 0.2) is 0 Å². The third kappa shape index (κ3) is 4.35. The number of rotatable bonds is 4. The van der Waals surface area contributed by atoms with Crippen molar-refractivity contribution in [3.05, 3.63) is 59.2 Å². The molecule has 2 aliphatic rings. The SMILES string of the molecule is Cc1ccc(S(=O)(=O)N2CCOCC2)cc1NC(=O)N[C@@H]1CCCc2ccccc21. The summed E-state index contributed by atoms with van der Waals surface area (Å²) in [4.78, 5) is 12.9. The van der Waals surface area contributed by atoms with Crippen LogP contribution in [0.3, 0.4) is 0 Å². The van der Waals surface area contributed by atoms with Gasteiger partial charge in [-0.15, -0.1) is 0 Å². The number of amides is 2. The van der Waals surface area contributed by atoms with Crippen molar-refractivity contribution in [2.75, 3.05) is 31.6 Å². The lowest BCUT2D eigenvalue weighted by Gasteiger charge is -2.27. The van der Waals surface area contributed by atoms with E-state index in [1.807, 2.05) is 19.1 Å². The number of urea groups is 1. The first kappa shape index (κ1) is 20.8. The maximum Gasteiger partial charge on any atom is 0.319 e. The molecule has 30 heavy (non-hydrogen) atoms. The predicted octanol–water partition coefficient (Wildman–Crippen LogP) is 3.22. The Morgan fingerprint density at radius 2 is 1.90 bits per heavy atom. The van der Waals surface area contributed by atoms with Crippen LogP contribution in [-0.2, 0) is 21.2 Å². The maximum atomic E-state index is 12.9. The average Bonchev–Trinajstić information content (AvgIpc) is 2.76. The number of hydrogen-bond acceptors (Lipinski definition) is 4. The van der Waals surface area contributed by atoms with Crippen molar-refractivity contribution < 1.29 is 17.9 Å². The van der Waals surface area contributed by atoms with Gasteiger partial charge in [-0.3, -0.25) is 0 Å². The third-order valence-electron chi connectivity index (χ3n) is 5.74. The largest absolute Gasteiger partial charge is 0.379 e. The van der Waals surface area contributed by atoms with Crippen molar-refractivity contribution >= 4 is 21.7 Å². The molecule has 1 aliphatic heterocycles. The summed E-state index contributed by atoms with van der Waals surface area (Å²) in [6, 6.07) is 12.6. The summed E-state index contributed by atoms with van der Waals surface area (Å²) in [6.07, 6.45) is 2.93. The molecule has 0 bridgehead atoms. The average molecular weight is 430 g/mol. The number of anilines is 1. The van der Waals surface area contributed by atoms with Gasteiger partial charge in [-0.2, -0.15) is 4.31 Å². The zero-order valence-electron chi connectivity index (χ0n) is 17.1. The Balaban J connectivity index is 1.50. The van der Waals surface area contributed by atoms with E-state index in [2.05, 4.69) is 22.8 Å². The van der Waals surface area contributed by atoms with E-state index in [9.17, 15) is 13.2 Å². The van der Waals surface area contributed by atoms with Crippen LogP contribution in [0.2, 0.25) is 0 Å². The minimum absolute atomic E-state index is 0.0458. The van der Waals surface area contributed by atoms with Gasteiger partial charge in [0, 0.05) is 18.8 Å². The van der Waals surface area contributed by atoms with Gasteiger partial charge in [-0.1, -0.05) is 30.3 Å². The number of hydrogen-bond donors (Lipinski definition) is 2. The molecule has 2 N–H and O–H groups in total. The highest BCUT2D eigenvalue weighted by Gasteiger charge is 2.27. The molecule has 7 nitrogen and oxygen atoms in total. The van der Waals surface area contributed by atoms with E-state index in [1.165, 1.54) is 15.9 Å². The first-order valence-electron chi connectivity index (χ1n) is 10.3. The zero-order chi connectivity index (χ0) is 21.1. The summed E-state index contributed by atoms with van der Waals surface area (Å²) in [5.74, 6) is 0. The lowest BCUT2D eigenvalue weighted by molar-refractivity contribution is 0.0730. The molecule has 1 fully saturated rings. The van der Waals surface area contributed by atoms with Gasteiger partial charge in [0.2, 0.25) is 10.0 Å². The quantitative estimate of drug-likeness (QED) is 0.781. The molecule has 0 radical (unpaired) electrons. The predicted molar refractivity (Wildman–Crippen MR) is 115 cm³/mol. The highest BCUT2D eigenvalue weighted by atomic mass is 32.2. The molecule has 2 amide bonds. The van der Waals surface area contributed by atoms with Gasteiger partial charge in [-0.05, 0) is 55.0 Å². The monoisotopic (exact) mass is 429 g/mol. The van der Waals surface area contributed by atoms with E-state index < -0.39 is 10.0 Å². The minimum atomic E-state index is -3.62. The van der Waals surface area contributed by atoms with Crippen LogP contribution in [0.15, 0.2) is 47.4 Å². The summed E-state index contributed by atoms with van der Waals surface area (Å²) >= 11 is 0. The molecular formula is C22H27N3O4S. The smallest absolute Gasteiger partial charge is 0.319 e. The van der Waals surface area contributed by atoms with E-state index in [0.29, 0.717) is 32.0 Å². The van der Waals surface area contributed by atoms with Crippen molar-refractivity contribution in [2.24, 2.45) is 0 Å². The lowest BCUT2D eigenvalue weighted by atomic mass is 9.88. The number of aryl methyl sites for hydroxylation is 2. The Bertz CT molecular complexity index is 1030. The van der Waals surface area contributed by atoms with Crippen LogP contribution in [-0.4, -0.2) is 45.1 Å². The van der Waals surface area contributed by atoms with Gasteiger partial charge in [0.1, 0.15) is 0 Å². The number of fused-ring (bicyclic) bond motifs is 1. The number of nitrogens with zero attached hydrogens (tertiary/aromatic N) is 1. The number of ether oxygens (including phenoxy) is 1. The second kappa shape index (κ2) is 8.75. The second-order valence-corrected chi connectivity index (χ2v) is 9.67. The van der Waals surface area contributed by atoms with Gasteiger partial charge in [0.05, 0.1) is 24.2 Å². The number of benzene rings is 2. The number of carbonyl (C=O) groups is 1. The molecule has 0 aromatic heterocycles. The topological polar surface area (TPSA) is 87.7 Å². The summed E-state index contributed by atoms with van der Waals surface area (Å²) in [5.41, 5.74) is 3.71. The maximum absolute atomic E-state index is 12.9. The fourth-order valence-electron chi connectivity index (χ4n) is 4.05. The van der Waals surface area contributed by atoms with Crippen LogP contribution in [0, 0.1) is 6.92 Å². The van der Waals surface area contributed by atoms with E-state index >= 15 is 0 Å². The summed E-state index contributed by atoms with van der Waals surface area (Å²) < 4.78 is 32.5. The molecule has 0 unspecified atom stereocenters. The number of morpholine rings is 1. The Morgan fingerprint density at radius 3 is 2.70 bits per heavy atom. The molecule has 1 atom stereocenters. The molecule has 8 heteroatoms. The fourth-order valence-corrected chi connectivity index (χ4v) is 5.49. The molecule has 1 heterocycles. The number of sulfonamides is 1. The molecule has 0 saturated carbocycles. The minimum Gasteiger partial charge on any atom is -0.379 e. The Labute approximate surface area is 177 Å². The van der Waals surface area contributed by atoms with Crippen LogP contribution in [0.5, 0.6) is 0 Å². The van der Waals surface area contributed by atoms with Gasteiger partial charge >= 0.3 is 6.03 Å². The van der Waals surface area contributed by atoms with Gasteiger partial charge < -0.3 is 15.4 Å². The Hall–Kier alpha value is -2.42. The first-order chi connectivity index (χ1) is 14.4. The Kier molecular flexibility index (Phi) is 6.08. The van der Waals surface area contributed by atoms with E-state index in [-0.39, 0.29) is 17.0 Å². The van der Waals surface area contributed by atoms with Crippen LogP contribution in [0.4, 0.5) is 10.5 Å². The molecule has 2 aromatic carbocycles. The molecule has 1 saturated heterocycles. The summed E-state index contributed by atoms with van der Waals surface area (Å²) in [7, 11) is -3.62. The highest BCUT2D eigenvalue weighted by molar-refractivity contribution is 7.89. The molecule has 1 aliphatic carbocycles. The van der Waals surface area contributed by atoms with Crippen molar-refractivity contribution in [1.29, 1.82) is 0 Å². The number of nitrogens with one attached hydrogen (secondary N) is 2. The highest BCUT2D eigenvalue weighted by Crippen LogP contribution is 2.30. The van der Waals surface area contributed by atoms with Crippen molar-refractivity contribution in [3.63, 3.8) is 0 Å². The fraction of sp³-hybridized carbons (Fsp3) is 0.409. The van der Waals surface area contributed by atoms with E-state index in [1.54, 1.807) is 12.1 Å². The van der Waals surface area contributed by atoms with Crippen LogP contribution in [0.1, 0.15) is 35.6 Å². The van der Waals surface area contributed by atoms with Crippen molar-refractivity contribution in [2.45, 2.75) is 37.1 Å². The van der Waals surface area contributed by atoms with Crippen LogP contribution in [0.25, 0.3) is 0 Å². The molecular weight excluding hydrogens is 402 g/mol. The molecule has 0 spiro atoms. The Morgan fingerprint density at radius 1 is 1.13 bits per heavy atom. The van der Waals surface area contributed by atoms with Crippen molar-refractivity contribution in [1.82, 2.24) is 9.62 Å². The van der Waals surface area contributed by atoms with E-state index in [0.717, 1.165) is 30.4 Å². The van der Waals surface area contributed by atoms with Crippen LogP contribution >= 0.6 is 0 Å². The third-order valence-corrected chi connectivity index (χ3v) is 7.63. The molecule has 4 rings (SSSR count). The number of carbonyl (C=O) groups excluding carboxylic acids is 1. The summed E-state index contributed by atoms with van der Waals surface area (Å²) in [5, 5.41) is 5.89. The molecule has 2 aromatic rings. The summed E-state index contributed by atoms with van der Waals surface area (Å²) in [6.45, 7) is 3.29. The standard InChI is InChI=1S/C22H27N3O4S/c1-16-9-10-18(30(27,28)25-11-13-29-14-12-25)15-21(16)24-22(26)23-20-8-4-6-17-5-2-3-7-19(17)20/h2-3,5,7,9-10,15,20H,4,6,8,11-14H2,1H3,(H2,23,24,26)/t20-/m1/s1. The van der Waals surface area contributed by atoms with Gasteiger partial charge in [-0.25, -0.2) is 13.2 Å². The van der Waals surface area contributed by atoms with Crippen molar-refractivity contribution in [3.8, 4) is 0 Å². The normalized spacial score (nSPS) is 19.7. The first-order valence-corrected chi connectivity index (χ1v) is 11.7.